The van der Waals surface area contributed by atoms with Gasteiger partial charge in [0.15, 0.2) is 0 Å². The summed E-state index contributed by atoms with van der Waals surface area (Å²) in [5.41, 5.74) is 0.666. The molecule has 6 heteroatoms. The van der Waals surface area contributed by atoms with Crippen molar-refractivity contribution in [2.75, 3.05) is 38.2 Å². The van der Waals surface area contributed by atoms with Gasteiger partial charge in [0.25, 0.3) is 0 Å². The molecular formula is C20H33ClN2O3. The van der Waals surface area contributed by atoms with Gasteiger partial charge in [-0.25, -0.2) is 4.79 Å². The minimum Gasteiger partial charge on any atom is -0.491 e. The van der Waals surface area contributed by atoms with Crippen molar-refractivity contribution >= 4 is 24.2 Å². The molecule has 1 N–H and O–H groups in total. The van der Waals surface area contributed by atoms with Gasteiger partial charge in [0.05, 0.1) is 12.3 Å². The normalized spacial score (nSPS) is 14.8. The Balaban J connectivity index is 0.00000338. The quantitative estimate of drug-likeness (QED) is 0.601. The molecule has 1 aromatic carbocycles. The number of likely N-dealkylation sites (tertiary alicyclic amines) is 1. The number of amides is 1. The molecular weight excluding hydrogens is 352 g/mol. The van der Waals surface area contributed by atoms with Crippen molar-refractivity contribution in [1.82, 2.24) is 4.90 Å². The van der Waals surface area contributed by atoms with Crippen LogP contribution in [-0.2, 0) is 4.74 Å². The minimum absolute atomic E-state index is 0. The molecule has 1 heterocycles. The molecule has 1 amide bonds. The van der Waals surface area contributed by atoms with Crippen molar-refractivity contribution < 1.29 is 14.3 Å². The molecule has 0 spiro atoms. The summed E-state index contributed by atoms with van der Waals surface area (Å²) in [5, 5.41) is 2.80. The third kappa shape index (κ3) is 8.77. The Labute approximate surface area is 163 Å². The number of hydrogen-bond acceptors (Lipinski definition) is 4. The third-order valence-electron chi connectivity index (χ3n) is 4.47. The molecule has 0 aliphatic carbocycles. The van der Waals surface area contributed by atoms with Crippen LogP contribution >= 0.6 is 12.4 Å². The first-order valence-corrected chi connectivity index (χ1v) is 9.67. The van der Waals surface area contributed by atoms with Gasteiger partial charge < -0.3 is 9.47 Å². The summed E-state index contributed by atoms with van der Waals surface area (Å²) in [6.45, 7) is 6.28. The van der Waals surface area contributed by atoms with Gasteiger partial charge in [-0.3, -0.25) is 10.2 Å². The Morgan fingerprint density at radius 1 is 1.08 bits per heavy atom. The average Bonchev–Trinajstić information content (AvgIpc) is 2.89. The molecule has 148 valence electrons. The Morgan fingerprint density at radius 2 is 1.81 bits per heavy atom. The fourth-order valence-electron chi connectivity index (χ4n) is 3.00. The van der Waals surface area contributed by atoms with Crippen molar-refractivity contribution in [1.29, 1.82) is 0 Å². The zero-order chi connectivity index (χ0) is 17.7. The summed E-state index contributed by atoms with van der Waals surface area (Å²) < 4.78 is 11.1. The number of anilines is 1. The van der Waals surface area contributed by atoms with E-state index in [1.54, 1.807) is 0 Å². The number of benzene rings is 1. The second-order valence-corrected chi connectivity index (χ2v) is 6.57. The van der Waals surface area contributed by atoms with E-state index in [2.05, 4.69) is 17.1 Å². The maximum absolute atomic E-state index is 12.0. The third-order valence-corrected chi connectivity index (χ3v) is 4.47. The highest BCUT2D eigenvalue weighted by Crippen LogP contribution is 2.24. The van der Waals surface area contributed by atoms with E-state index in [0.717, 1.165) is 38.9 Å². The van der Waals surface area contributed by atoms with Crippen LogP contribution in [0.3, 0.4) is 0 Å². The summed E-state index contributed by atoms with van der Waals surface area (Å²) in [6, 6.07) is 7.50. The van der Waals surface area contributed by atoms with Crippen LogP contribution in [0.5, 0.6) is 5.75 Å². The van der Waals surface area contributed by atoms with Crippen molar-refractivity contribution in [2.24, 2.45) is 0 Å². The first-order valence-electron chi connectivity index (χ1n) is 9.67. The lowest BCUT2D eigenvalue weighted by molar-refractivity contribution is 0.140. The number of carbonyl (C=O) groups excluding carboxylic acids is 1. The zero-order valence-electron chi connectivity index (χ0n) is 15.9. The van der Waals surface area contributed by atoms with Crippen LogP contribution in [0.25, 0.3) is 0 Å². The molecule has 0 unspecified atom stereocenters. The average molecular weight is 385 g/mol. The molecule has 1 aromatic rings. The van der Waals surface area contributed by atoms with E-state index >= 15 is 0 Å². The van der Waals surface area contributed by atoms with Gasteiger partial charge in [-0.1, -0.05) is 44.7 Å². The van der Waals surface area contributed by atoms with Crippen molar-refractivity contribution in [3.63, 3.8) is 0 Å². The number of rotatable bonds is 9. The van der Waals surface area contributed by atoms with E-state index in [4.69, 9.17) is 9.47 Å². The summed E-state index contributed by atoms with van der Waals surface area (Å²) in [4.78, 5) is 14.4. The second-order valence-electron chi connectivity index (χ2n) is 6.57. The topological polar surface area (TPSA) is 50.8 Å². The largest absolute Gasteiger partial charge is 0.491 e. The van der Waals surface area contributed by atoms with Gasteiger partial charge in [-0.05, 0) is 44.5 Å². The van der Waals surface area contributed by atoms with Gasteiger partial charge in [0, 0.05) is 6.54 Å². The maximum Gasteiger partial charge on any atom is 0.411 e. The molecule has 1 saturated heterocycles. The number of carbonyl (C=O) groups is 1. The van der Waals surface area contributed by atoms with E-state index < -0.39 is 6.09 Å². The molecule has 26 heavy (non-hydrogen) atoms. The Bertz CT molecular complexity index is 506. The highest BCUT2D eigenvalue weighted by Gasteiger charge is 2.11. The van der Waals surface area contributed by atoms with Crippen LogP contribution in [0.2, 0.25) is 0 Å². The molecule has 1 aliphatic rings. The predicted molar refractivity (Wildman–Crippen MR) is 109 cm³/mol. The summed E-state index contributed by atoms with van der Waals surface area (Å²) >= 11 is 0. The van der Waals surface area contributed by atoms with Crippen LogP contribution in [0.1, 0.15) is 51.9 Å². The summed E-state index contributed by atoms with van der Waals surface area (Å²) in [6.07, 6.45) is 8.02. The first-order chi connectivity index (χ1) is 12.3. The fraction of sp³-hybridized carbons (Fsp3) is 0.650. The maximum atomic E-state index is 12.0. The molecule has 1 aliphatic heterocycles. The Morgan fingerprint density at radius 3 is 2.54 bits per heavy atom. The van der Waals surface area contributed by atoms with Crippen LogP contribution in [0.4, 0.5) is 10.5 Å². The van der Waals surface area contributed by atoms with Gasteiger partial charge >= 0.3 is 6.09 Å². The number of ether oxygens (including phenoxy) is 2. The molecule has 0 saturated carbocycles. The molecule has 0 atom stereocenters. The standard InChI is InChI=1S/C20H32N2O3.ClH/c1-2-3-10-16-24-19-12-7-6-11-18(19)21-20(23)25-17-15-22-13-8-4-5-9-14-22;/h6-7,11-12H,2-5,8-10,13-17H2,1H3,(H,21,23);1H. The highest BCUT2D eigenvalue weighted by molar-refractivity contribution is 5.86. The van der Waals surface area contributed by atoms with Gasteiger partial charge in [0.2, 0.25) is 0 Å². The first kappa shape index (κ1) is 22.6. The Kier molecular flexibility index (Phi) is 11.9. The molecule has 5 nitrogen and oxygen atoms in total. The second kappa shape index (κ2) is 13.7. The van der Waals surface area contributed by atoms with Crippen molar-refractivity contribution in [3.8, 4) is 5.75 Å². The summed E-state index contributed by atoms with van der Waals surface area (Å²) in [7, 11) is 0. The lowest BCUT2D eigenvalue weighted by Gasteiger charge is -2.19. The molecule has 1 fully saturated rings. The zero-order valence-corrected chi connectivity index (χ0v) is 16.7. The van der Waals surface area contributed by atoms with Gasteiger partial charge in [-0.2, -0.15) is 0 Å². The smallest absolute Gasteiger partial charge is 0.411 e. The minimum atomic E-state index is -0.417. The fourth-order valence-corrected chi connectivity index (χ4v) is 3.00. The number of unbranched alkanes of at least 4 members (excludes halogenated alkanes) is 2. The molecule has 0 bridgehead atoms. The molecule has 0 aromatic heterocycles. The SMILES string of the molecule is CCCCCOc1ccccc1NC(=O)OCCN1CCCCCC1.Cl. The highest BCUT2D eigenvalue weighted by atomic mass is 35.5. The lowest BCUT2D eigenvalue weighted by atomic mass is 10.2. The van der Waals surface area contributed by atoms with E-state index in [-0.39, 0.29) is 12.4 Å². The summed E-state index contributed by atoms with van der Waals surface area (Å²) in [5.74, 6) is 0.697. The number of para-hydroxylation sites is 2. The lowest BCUT2D eigenvalue weighted by Crippen LogP contribution is -2.30. The van der Waals surface area contributed by atoms with Gasteiger partial charge in [0.1, 0.15) is 12.4 Å². The van der Waals surface area contributed by atoms with Crippen LogP contribution in [0.15, 0.2) is 24.3 Å². The Hall–Kier alpha value is -1.46. The number of halogens is 1. The van der Waals surface area contributed by atoms with Crippen LogP contribution in [0, 0.1) is 0 Å². The predicted octanol–water partition coefficient (Wildman–Crippen LogP) is 5.10. The number of nitrogens with one attached hydrogen (secondary N) is 1. The van der Waals surface area contributed by atoms with Gasteiger partial charge in [-0.15, -0.1) is 12.4 Å². The van der Waals surface area contributed by atoms with Crippen LogP contribution < -0.4 is 10.1 Å². The van der Waals surface area contributed by atoms with Crippen LogP contribution in [-0.4, -0.2) is 43.8 Å². The monoisotopic (exact) mass is 384 g/mol. The van der Waals surface area contributed by atoms with Crippen molar-refractivity contribution in [3.05, 3.63) is 24.3 Å². The molecule has 0 radical (unpaired) electrons. The number of hydrogen-bond donors (Lipinski definition) is 1. The molecule has 2 rings (SSSR count). The van der Waals surface area contributed by atoms with E-state index in [0.29, 0.717) is 24.7 Å². The van der Waals surface area contributed by atoms with E-state index in [1.165, 1.54) is 25.7 Å². The van der Waals surface area contributed by atoms with E-state index in [1.807, 2.05) is 24.3 Å². The number of nitrogens with zero attached hydrogens (tertiary/aromatic N) is 1. The van der Waals surface area contributed by atoms with E-state index in [9.17, 15) is 4.79 Å². The van der Waals surface area contributed by atoms with Crippen molar-refractivity contribution in [2.45, 2.75) is 51.9 Å².